The van der Waals surface area contributed by atoms with Gasteiger partial charge in [-0.3, -0.25) is 4.79 Å². The number of nitrogens with zero attached hydrogens (tertiary/aromatic N) is 5. The maximum Gasteiger partial charge on any atom is 0.313 e. The van der Waals surface area contributed by atoms with E-state index in [1.165, 1.54) is 13.2 Å². The van der Waals surface area contributed by atoms with Gasteiger partial charge in [0.25, 0.3) is 0 Å². The SMILES string of the molecule is COc1cc(-c2nc(SCC(=O)O)nc3c2C(C)(C#N)CN3COCC[Si](C)(C)C)c(Cl)cc1C#N. The predicted molar refractivity (Wildman–Crippen MR) is 141 cm³/mol. The number of ether oxygens (including phenoxy) is 2. The van der Waals surface area contributed by atoms with Crippen LogP contribution in [0.1, 0.15) is 18.1 Å². The van der Waals surface area contributed by atoms with Crippen LogP contribution in [-0.2, 0) is 14.9 Å². The number of carboxylic acid groups (broad SMARTS) is 1. The quantitative estimate of drug-likeness (QED) is 0.192. The van der Waals surface area contributed by atoms with Crippen LogP contribution in [0.15, 0.2) is 17.3 Å². The Hall–Kier alpha value is -2.83. The first-order chi connectivity index (χ1) is 16.9. The van der Waals surface area contributed by atoms with E-state index < -0.39 is 19.5 Å². The Morgan fingerprint density at radius 1 is 1.33 bits per heavy atom. The number of aromatic nitrogens is 2. The molecular formula is C24H28ClN5O4SSi. The molecule has 12 heteroatoms. The molecule has 9 nitrogen and oxygen atoms in total. The second-order valence-corrected chi connectivity index (χ2v) is 16.8. The highest BCUT2D eigenvalue weighted by atomic mass is 35.5. The van der Waals surface area contributed by atoms with Crippen LogP contribution in [0.5, 0.6) is 5.75 Å². The summed E-state index contributed by atoms with van der Waals surface area (Å²) in [6.45, 7) is 9.78. The molecule has 0 bridgehead atoms. The van der Waals surface area contributed by atoms with Gasteiger partial charge in [0.2, 0.25) is 0 Å². The first-order valence-electron chi connectivity index (χ1n) is 11.2. The Balaban J connectivity index is 2.15. The number of methoxy groups -OCH3 is 1. The number of fused-ring (bicyclic) bond motifs is 1. The third kappa shape index (κ3) is 6.10. The van der Waals surface area contributed by atoms with Crippen LogP contribution in [0.25, 0.3) is 11.3 Å². The van der Waals surface area contributed by atoms with Crippen molar-refractivity contribution in [3.8, 4) is 29.1 Å². The van der Waals surface area contributed by atoms with Crippen molar-refractivity contribution in [3.63, 3.8) is 0 Å². The van der Waals surface area contributed by atoms with Gasteiger partial charge in [-0.1, -0.05) is 43.0 Å². The minimum Gasteiger partial charge on any atom is -0.495 e. The third-order valence-corrected chi connectivity index (χ3v) is 8.56. The van der Waals surface area contributed by atoms with E-state index in [-0.39, 0.29) is 28.2 Å². The second kappa shape index (κ2) is 11.1. The molecule has 1 aliphatic rings. The molecule has 3 rings (SSSR count). The fourth-order valence-corrected chi connectivity index (χ4v) is 5.40. The molecule has 1 N–H and O–H groups in total. The normalized spacial score (nSPS) is 16.8. The van der Waals surface area contributed by atoms with Crippen LogP contribution in [0.2, 0.25) is 30.7 Å². The number of nitriles is 2. The van der Waals surface area contributed by atoms with Crippen molar-refractivity contribution >= 4 is 43.2 Å². The Labute approximate surface area is 221 Å². The molecule has 1 atom stereocenters. The van der Waals surface area contributed by atoms with Crippen LogP contribution in [0.4, 0.5) is 5.82 Å². The van der Waals surface area contributed by atoms with Crippen LogP contribution in [0, 0.1) is 22.7 Å². The Kier molecular flexibility index (Phi) is 8.52. The van der Waals surface area contributed by atoms with Gasteiger partial charge in [-0.15, -0.1) is 0 Å². The predicted octanol–water partition coefficient (Wildman–Crippen LogP) is 4.77. The van der Waals surface area contributed by atoms with Crippen molar-refractivity contribution in [1.29, 1.82) is 10.5 Å². The van der Waals surface area contributed by atoms with Gasteiger partial charge in [-0.05, 0) is 25.1 Å². The fourth-order valence-electron chi connectivity index (χ4n) is 3.83. The number of hydrogen-bond donors (Lipinski definition) is 1. The molecule has 0 radical (unpaired) electrons. The van der Waals surface area contributed by atoms with Gasteiger partial charge in [-0.25, -0.2) is 9.97 Å². The first-order valence-corrected chi connectivity index (χ1v) is 16.3. The lowest BCUT2D eigenvalue weighted by molar-refractivity contribution is -0.133. The van der Waals surface area contributed by atoms with Crippen LogP contribution < -0.4 is 9.64 Å². The van der Waals surface area contributed by atoms with Gasteiger partial charge in [0.15, 0.2) is 5.16 Å². The molecule has 0 spiro atoms. The van der Waals surface area contributed by atoms with Gasteiger partial charge >= 0.3 is 5.97 Å². The number of carbonyl (C=O) groups is 1. The third-order valence-electron chi connectivity index (χ3n) is 5.71. The highest BCUT2D eigenvalue weighted by molar-refractivity contribution is 7.99. The molecular weight excluding hydrogens is 518 g/mol. The summed E-state index contributed by atoms with van der Waals surface area (Å²) < 4.78 is 11.3. The molecule has 36 heavy (non-hydrogen) atoms. The number of anilines is 1. The summed E-state index contributed by atoms with van der Waals surface area (Å²) in [5, 5.41) is 29.3. The van der Waals surface area contributed by atoms with Crippen molar-refractivity contribution in [2.24, 2.45) is 0 Å². The van der Waals surface area contributed by atoms with Crippen LogP contribution in [0.3, 0.4) is 0 Å². The van der Waals surface area contributed by atoms with Gasteiger partial charge < -0.3 is 19.5 Å². The van der Waals surface area contributed by atoms with E-state index in [4.69, 9.17) is 21.1 Å². The fraction of sp³-hybridized carbons (Fsp3) is 0.458. The van der Waals surface area contributed by atoms with Crippen LogP contribution >= 0.6 is 23.4 Å². The standard InChI is InChI=1S/C24H28ClN5O4SSi/c1-24(12-27)13-30(14-34-6-7-36(3,4)5)22-20(24)21(28-23(29-22)35-11-19(31)32)16-9-18(33-2)15(10-26)8-17(16)25/h8-9H,6-7,11,13-14H2,1-5H3,(H,31,32). The van der Waals surface area contributed by atoms with E-state index >= 15 is 0 Å². The molecule has 0 aliphatic carbocycles. The Morgan fingerprint density at radius 2 is 2.06 bits per heavy atom. The molecule has 0 saturated heterocycles. The molecule has 0 fully saturated rings. The largest absolute Gasteiger partial charge is 0.495 e. The molecule has 0 amide bonds. The second-order valence-electron chi connectivity index (χ2n) is 9.87. The monoisotopic (exact) mass is 545 g/mol. The van der Waals surface area contributed by atoms with Crippen LogP contribution in [-0.4, -0.2) is 61.9 Å². The highest BCUT2D eigenvalue weighted by Crippen LogP contribution is 2.47. The molecule has 1 aliphatic heterocycles. The van der Waals surface area contributed by atoms with Crippen molar-refractivity contribution < 1.29 is 19.4 Å². The summed E-state index contributed by atoms with van der Waals surface area (Å²) >= 11 is 7.56. The Morgan fingerprint density at radius 3 is 2.64 bits per heavy atom. The average Bonchev–Trinajstić information content (AvgIpc) is 3.11. The lowest BCUT2D eigenvalue weighted by atomic mass is 9.84. The van der Waals surface area contributed by atoms with E-state index in [1.54, 1.807) is 13.0 Å². The smallest absolute Gasteiger partial charge is 0.313 e. The van der Waals surface area contributed by atoms with E-state index in [2.05, 4.69) is 41.7 Å². The molecule has 0 saturated carbocycles. The minimum absolute atomic E-state index is 0.231. The van der Waals surface area contributed by atoms with E-state index in [1.807, 2.05) is 4.90 Å². The number of rotatable bonds is 10. The topological polar surface area (TPSA) is 132 Å². The van der Waals surface area contributed by atoms with E-state index in [9.17, 15) is 20.4 Å². The maximum absolute atomic E-state index is 11.2. The Bertz CT molecular complexity index is 1260. The van der Waals surface area contributed by atoms with Gasteiger partial charge in [0, 0.05) is 32.4 Å². The summed E-state index contributed by atoms with van der Waals surface area (Å²) in [6.07, 6.45) is 0. The molecule has 1 unspecified atom stereocenters. The summed E-state index contributed by atoms with van der Waals surface area (Å²) in [7, 11) is 0.172. The summed E-state index contributed by atoms with van der Waals surface area (Å²) in [5.41, 5.74) is 0.721. The molecule has 1 aromatic carbocycles. The zero-order valence-electron chi connectivity index (χ0n) is 20.9. The van der Waals surface area contributed by atoms with Gasteiger partial charge in [0.05, 0.1) is 35.2 Å². The lowest BCUT2D eigenvalue weighted by Crippen LogP contribution is -2.32. The number of thioether (sulfide) groups is 1. The number of hydrogen-bond acceptors (Lipinski definition) is 9. The molecule has 2 aromatic rings. The molecule has 190 valence electrons. The number of aliphatic carboxylic acids is 1. The molecule has 1 aromatic heterocycles. The maximum atomic E-state index is 11.2. The zero-order chi connectivity index (χ0) is 26.7. The summed E-state index contributed by atoms with van der Waals surface area (Å²) in [6, 6.07) is 8.54. The van der Waals surface area contributed by atoms with E-state index in [0.717, 1.165) is 17.8 Å². The van der Waals surface area contributed by atoms with Crippen molar-refractivity contribution in [1.82, 2.24) is 9.97 Å². The number of halogens is 1. The molecule has 2 heterocycles. The average molecular weight is 546 g/mol. The summed E-state index contributed by atoms with van der Waals surface area (Å²) in [4.78, 5) is 22.4. The summed E-state index contributed by atoms with van der Waals surface area (Å²) in [5.74, 6) is -0.418. The highest BCUT2D eigenvalue weighted by Gasteiger charge is 2.44. The first kappa shape index (κ1) is 27.7. The van der Waals surface area contributed by atoms with Crippen molar-refractivity contribution in [2.75, 3.05) is 37.6 Å². The number of carboxylic acids is 1. The van der Waals surface area contributed by atoms with Crippen molar-refractivity contribution in [2.45, 2.75) is 43.2 Å². The zero-order valence-corrected chi connectivity index (χ0v) is 23.5. The lowest BCUT2D eigenvalue weighted by Gasteiger charge is -2.21. The van der Waals surface area contributed by atoms with Gasteiger partial charge in [-0.2, -0.15) is 10.5 Å². The van der Waals surface area contributed by atoms with Gasteiger partial charge in [0.1, 0.15) is 29.8 Å². The minimum atomic E-state index is -1.28. The number of benzene rings is 1. The van der Waals surface area contributed by atoms with Crippen molar-refractivity contribution in [3.05, 3.63) is 28.3 Å². The van der Waals surface area contributed by atoms with E-state index in [0.29, 0.717) is 41.5 Å².